The number of nitrogens with zero attached hydrogens (tertiary/aromatic N) is 1. The summed E-state index contributed by atoms with van der Waals surface area (Å²) < 4.78 is 0. The second kappa shape index (κ2) is 6.96. The molecule has 0 bridgehead atoms. The summed E-state index contributed by atoms with van der Waals surface area (Å²) in [4.78, 5) is 13.3. The number of thioether (sulfide) groups is 1. The van der Waals surface area contributed by atoms with Crippen molar-refractivity contribution in [3.05, 3.63) is 59.7 Å². The van der Waals surface area contributed by atoms with E-state index in [1.807, 2.05) is 38.1 Å². The highest BCUT2D eigenvalue weighted by Gasteiger charge is 2.15. The van der Waals surface area contributed by atoms with Gasteiger partial charge in [-0.15, -0.1) is 11.8 Å². The van der Waals surface area contributed by atoms with Crippen molar-refractivity contribution in [2.24, 2.45) is 0 Å². The van der Waals surface area contributed by atoms with Crippen molar-refractivity contribution in [2.75, 3.05) is 5.32 Å². The van der Waals surface area contributed by atoms with E-state index < -0.39 is 0 Å². The summed E-state index contributed by atoms with van der Waals surface area (Å²) in [5.41, 5.74) is 2.45. The van der Waals surface area contributed by atoms with Crippen LogP contribution in [-0.2, 0) is 4.79 Å². The Hall–Kier alpha value is -2.25. The maximum atomic E-state index is 12.2. The Morgan fingerprint density at radius 1 is 1.19 bits per heavy atom. The lowest BCUT2D eigenvalue weighted by Gasteiger charge is -2.13. The van der Waals surface area contributed by atoms with E-state index in [0.717, 1.165) is 4.90 Å². The van der Waals surface area contributed by atoms with E-state index in [2.05, 4.69) is 11.4 Å². The van der Waals surface area contributed by atoms with Gasteiger partial charge in [-0.2, -0.15) is 5.26 Å². The summed E-state index contributed by atoms with van der Waals surface area (Å²) in [6.07, 6.45) is 0. The Morgan fingerprint density at radius 3 is 2.48 bits per heavy atom. The van der Waals surface area contributed by atoms with E-state index in [1.54, 1.807) is 36.0 Å². The molecule has 2 rings (SSSR count). The van der Waals surface area contributed by atoms with Crippen LogP contribution < -0.4 is 5.32 Å². The van der Waals surface area contributed by atoms with Crippen LogP contribution in [0.3, 0.4) is 0 Å². The number of aryl methyl sites for hydroxylation is 1. The van der Waals surface area contributed by atoms with Crippen LogP contribution in [0.15, 0.2) is 53.4 Å². The van der Waals surface area contributed by atoms with E-state index in [9.17, 15) is 4.79 Å². The summed E-state index contributed by atoms with van der Waals surface area (Å²) in [7, 11) is 0. The van der Waals surface area contributed by atoms with Gasteiger partial charge in [0.15, 0.2) is 0 Å². The molecule has 0 aliphatic rings. The molecule has 1 atom stereocenters. The molecule has 0 heterocycles. The van der Waals surface area contributed by atoms with Gasteiger partial charge in [-0.05, 0) is 49.7 Å². The first-order valence-corrected chi connectivity index (χ1v) is 7.51. The Balaban J connectivity index is 1.99. The van der Waals surface area contributed by atoms with Crippen molar-refractivity contribution in [1.82, 2.24) is 0 Å². The number of nitriles is 1. The maximum Gasteiger partial charge on any atom is 0.237 e. The summed E-state index contributed by atoms with van der Waals surface area (Å²) in [6, 6.07) is 16.9. The first kappa shape index (κ1) is 15.1. The van der Waals surface area contributed by atoms with Crippen LogP contribution in [0, 0.1) is 18.3 Å². The van der Waals surface area contributed by atoms with Crippen molar-refractivity contribution in [1.29, 1.82) is 5.26 Å². The third-order valence-corrected chi connectivity index (χ3v) is 4.33. The zero-order valence-corrected chi connectivity index (χ0v) is 12.8. The molecule has 3 nitrogen and oxygen atoms in total. The molecule has 106 valence electrons. The molecule has 0 radical (unpaired) electrons. The highest BCUT2D eigenvalue weighted by Crippen LogP contribution is 2.27. The maximum absolute atomic E-state index is 12.2. The fourth-order valence-electron chi connectivity index (χ4n) is 1.80. The van der Waals surface area contributed by atoms with Gasteiger partial charge in [-0.25, -0.2) is 0 Å². The fraction of sp³-hybridized carbons (Fsp3) is 0.176. The smallest absolute Gasteiger partial charge is 0.237 e. The van der Waals surface area contributed by atoms with Crippen LogP contribution in [0.1, 0.15) is 18.1 Å². The normalized spacial score (nSPS) is 11.5. The van der Waals surface area contributed by atoms with Gasteiger partial charge >= 0.3 is 0 Å². The minimum Gasteiger partial charge on any atom is -0.325 e. The number of hydrogen-bond acceptors (Lipinski definition) is 3. The van der Waals surface area contributed by atoms with Crippen molar-refractivity contribution >= 4 is 23.4 Å². The summed E-state index contributed by atoms with van der Waals surface area (Å²) in [5, 5.41) is 11.4. The van der Waals surface area contributed by atoms with Crippen molar-refractivity contribution < 1.29 is 4.79 Å². The molecule has 0 spiro atoms. The van der Waals surface area contributed by atoms with Crippen LogP contribution >= 0.6 is 11.8 Å². The van der Waals surface area contributed by atoms with Crippen molar-refractivity contribution in [3.63, 3.8) is 0 Å². The molecule has 4 heteroatoms. The van der Waals surface area contributed by atoms with Crippen LogP contribution in [0.5, 0.6) is 0 Å². The van der Waals surface area contributed by atoms with E-state index in [0.29, 0.717) is 11.3 Å². The minimum absolute atomic E-state index is 0.0482. The lowest BCUT2D eigenvalue weighted by Crippen LogP contribution is -2.22. The molecule has 0 aliphatic heterocycles. The van der Waals surface area contributed by atoms with Crippen LogP contribution in [0.2, 0.25) is 0 Å². The number of anilines is 1. The molecule has 0 saturated heterocycles. The summed E-state index contributed by atoms with van der Waals surface area (Å²) >= 11 is 1.54. The first-order valence-electron chi connectivity index (χ1n) is 6.63. The highest BCUT2D eigenvalue weighted by molar-refractivity contribution is 8.00. The number of nitrogens with one attached hydrogen (secondary N) is 1. The largest absolute Gasteiger partial charge is 0.325 e. The zero-order valence-electron chi connectivity index (χ0n) is 12.0. The standard InChI is InChI=1S/C17H16N2OS/c1-12-5-3-4-6-16(12)21-13(2)17(20)19-15-9-7-14(11-18)8-10-15/h3-10,13H,1-2H3,(H,19,20). The summed E-state index contributed by atoms with van der Waals surface area (Å²) in [5.74, 6) is -0.0482. The number of hydrogen-bond donors (Lipinski definition) is 1. The third kappa shape index (κ3) is 4.11. The van der Waals surface area contributed by atoms with Gasteiger partial charge in [-0.3, -0.25) is 4.79 Å². The number of benzene rings is 2. The van der Waals surface area contributed by atoms with E-state index in [4.69, 9.17) is 5.26 Å². The second-order valence-electron chi connectivity index (χ2n) is 4.70. The minimum atomic E-state index is -0.193. The Bertz CT molecular complexity index is 674. The molecule has 21 heavy (non-hydrogen) atoms. The third-order valence-electron chi connectivity index (χ3n) is 3.05. The monoisotopic (exact) mass is 296 g/mol. The van der Waals surface area contributed by atoms with Gasteiger partial charge in [0.2, 0.25) is 5.91 Å². The van der Waals surface area contributed by atoms with Gasteiger partial charge in [-0.1, -0.05) is 18.2 Å². The van der Waals surface area contributed by atoms with Crippen LogP contribution in [0.25, 0.3) is 0 Å². The fourth-order valence-corrected chi connectivity index (χ4v) is 2.76. The molecule has 1 N–H and O–H groups in total. The van der Waals surface area contributed by atoms with Gasteiger partial charge < -0.3 is 5.32 Å². The zero-order chi connectivity index (χ0) is 15.2. The lowest BCUT2D eigenvalue weighted by atomic mass is 10.2. The Kier molecular flexibility index (Phi) is 5.02. The molecular formula is C17H16N2OS. The Morgan fingerprint density at radius 2 is 1.86 bits per heavy atom. The Labute approximate surface area is 129 Å². The van der Waals surface area contributed by atoms with Gasteiger partial charge in [0, 0.05) is 10.6 Å². The molecule has 2 aromatic rings. The molecule has 1 unspecified atom stereocenters. The molecule has 0 aliphatic carbocycles. The molecule has 0 fully saturated rings. The van der Waals surface area contributed by atoms with Crippen LogP contribution in [0.4, 0.5) is 5.69 Å². The highest BCUT2D eigenvalue weighted by atomic mass is 32.2. The molecule has 0 aromatic heterocycles. The molecule has 0 saturated carbocycles. The average molecular weight is 296 g/mol. The SMILES string of the molecule is Cc1ccccc1SC(C)C(=O)Nc1ccc(C#N)cc1. The topological polar surface area (TPSA) is 52.9 Å². The number of carbonyl (C=O) groups excluding carboxylic acids is 1. The van der Waals surface area contributed by atoms with E-state index in [-0.39, 0.29) is 11.2 Å². The molecule has 1 amide bonds. The molecular weight excluding hydrogens is 280 g/mol. The second-order valence-corrected chi connectivity index (χ2v) is 6.09. The van der Waals surface area contributed by atoms with Gasteiger partial charge in [0.05, 0.1) is 16.9 Å². The average Bonchev–Trinajstić information content (AvgIpc) is 2.50. The number of amides is 1. The van der Waals surface area contributed by atoms with E-state index in [1.165, 1.54) is 5.56 Å². The predicted molar refractivity (Wildman–Crippen MR) is 86.3 cm³/mol. The van der Waals surface area contributed by atoms with Gasteiger partial charge in [0.25, 0.3) is 0 Å². The molecule has 2 aromatic carbocycles. The quantitative estimate of drug-likeness (QED) is 0.868. The van der Waals surface area contributed by atoms with Gasteiger partial charge in [0.1, 0.15) is 0 Å². The predicted octanol–water partition coefficient (Wildman–Crippen LogP) is 3.99. The van der Waals surface area contributed by atoms with Crippen molar-refractivity contribution in [3.8, 4) is 6.07 Å². The number of carbonyl (C=O) groups is 1. The summed E-state index contributed by atoms with van der Waals surface area (Å²) in [6.45, 7) is 3.92. The number of rotatable bonds is 4. The first-order chi connectivity index (χ1) is 10.1. The lowest BCUT2D eigenvalue weighted by molar-refractivity contribution is -0.115. The van der Waals surface area contributed by atoms with Crippen molar-refractivity contribution in [2.45, 2.75) is 24.0 Å². The van der Waals surface area contributed by atoms with E-state index >= 15 is 0 Å². The van der Waals surface area contributed by atoms with Crippen LogP contribution in [-0.4, -0.2) is 11.2 Å².